The van der Waals surface area contributed by atoms with Crippen molar-refractivity contribution < 1.29 is 23.9 Å². The number of urea groups is 1. The van der Waals surface area contributed by atoms with Crippen LogP contribution < -0.4 is 20.2 Å². The van der Waals surface area contributed by atoms with Crippen molar-refractivity contribution in [2.45, 2.75) is 32.7 Å². The average molecular weight is 425 g/mol. The lowest BCUT2D eigenvalue weighted by molar-refractivity contribution is -0.132. The Morgan fingerprint density at radius 2 is 1.84 bits per heavy atom. The summed E-state index contributed by atoms with van der Waals surface area (Å²) in [7, 11) is 1.48. The molecule has 2 N–H and O–H groups in total. The summed E-state index contributed by atoms with van der Waals surface area (Å²) in [6.45, 7) is 6.33. The van der Waals surface area contributed by atoms with Crippen molar-refractivity contribution in [3.05, 3.63) is 59.7 Å². The van der Waals surface area contributed by atoms with Crippen molar-refractivity contribution in [3.63, 3.8) is 0 Å². The second kappa shape index (κ2) is 9.07. The minimum atomic E-state index is -1.27. The predicted molar refractivity (Wildman–Crippen MR) is 115 cm³/mol. The number of hydrogen-bond acceptors (Lipinski definition) is 5. The number of nitrogens with zero attached hydrogens (tertiary/aromatic N) is 1. The summed E-state index contributed by atoms with van der Waals surface area (Å²) in [6.07, 6.45) is 0.887. The Kier molecular flexibility index (Phi) is 6.48. The molecule has 1 heterocycles. The molecule has 8 heteroatoms. The van der Waals surface area contributed by atoms with Gasteiger partial charge in [0.15, 0.2) is 11.5 Å². The minimum absolute atomic E-state index is 0.224. The first kappa shape index (κ1) is 22.1. The lowest BCUT2D eigenvalue weighted by Crippen LogP contribution is -2.47. The van der Waals surface area contributed by atoms with Gasteiger partial charge in [0.1, 0.15) is 5.54 Å². The smallest absolute Gasteiger partial charge is 0.344 e. The Hall–Kier alpha value is -3.55. The third-order valence-corrected chi connectivity index (χ3v) is 5.13. The molecule has 1 fully saturated rings. The molecule has 8 nitrogen and oxygen atoms in total. The zero-order valence-corrected chi connectivity index (χ0v) is 18.1. The van der Waals surface area contributed by atoms with Crippen LogP contribution in [0.1, 0.15) is 43.1 Å². The Bertz CT molecular complexity index is 976. The number of imide groups is 1. The highest BCUT2D eigenvalue weighted by atomic mass is 16.5. The number of benzene rings is 2. The van der Waals surface area contributed by atoms with Gasteiger partial charge < -0.3 is 14.8 Å². The molecule has 2 aromatic rings. The highest BCUT2D eigenvalue weighted by Gasteiger charge is 2.50. The van der Waals surface area contributed by atoms with E-state index >= 15 is 0 Å². The third kappa shape index (κ3) is 4.63. The number of hydrazine groups is 1. The van der Waals surface area contributed by atoms with E-state index in [0.717, 1.165) is 6.42 Å². The largest absolute Gasteiger partial charge is 0.493 e. The van der Waals surface area contributed by atoms with Crippen LogP contribution >= 0.6 is 0 Å². The van der Waals surface area contributed by atoms with Gasteiger partial charge in [-0.1, -0.05) is 44.2 Å². The van der Waals surface area contributed by atoms with Crippen molar-refractivity contribution in [1.29, 1.82) is 0 Å². The van der Waals surface area contributed by atoms with Crippen LogP contribution in [0.3, 0.4) is 0 Å². The molecular formula is C23H27N3O5. The van der Waals surface area contributed by atoms with Crippen LogP contribution in [0.5, 0.6) is 11.5 Å². The van der Waals surface area contributed by atoms with Crippen LogP contribution in [0.2, 0.25) is 0 Å². The molecule has 0 aliphatic carbocycles. The normalized spacial score (nSPS) is 18.2. The Labute approximate surface area is 181 Å². The van der Waals surface area contributed by atoms with Gasteiger partial charge in [0, 0.05) is 5.56 Å². The van der Waals surface area contributed by atoms with Crippen molar-refractivity contribution in [2.24, 2.45) is 5.92 Å². The summed E-state index contributed by atoms with van der Waals surface area (Å²) in [5, 5.41) is 3.35. The van der Waals surface area contributed by atoms with Crippen LogP contribution in [-0.2, 0) is 10.3 Å². The number of carbonyl (C=O) groups excluding carboxylic acids is 3. The van der Waals surface area contributed by atoms with E-state index in [2.05, 4.69) is 24.6 Å². The van der Waals surface area contributed by atoms with Gasteiger partial charge in [-0.2, -0.15) is 5.01 Å². The molecule has 1 unspecified atom stereocenters. The standard InChI is InChI=1S/C23H27N3O5/c1-15(2)12-13-31-18-11-10-16(14-19(18)30-4)20(27)25-26-21(28)23(3,24-22(26)29)17-8-6-5-7-9-17/h5-11,14-15H,12-13H2,1-4H3,(H,24,29)(H,25,27). The molecule has 0 radical (unpaired) electrons. The van der Waals surface area contributed by atoms with Crippen LogP contribution in [0.25, 0.3) is 0 Å². The maximum Gasteiger partial charge on any atom is 0.344 e. The van der Waals surface area contributed by atoms with Crippen LogP contribution in [0, 0.1) is 5.92 Å². The first-order valence-corrected chi connectivity index (χ1v) is 10.1. The number of methoxy groups -OCH3 is 1. The van der Waals surface area contributed by atoms with E-state index in [1.165, 1.54) is 13.2 Å². The summed E-state index contributed by atoms with van der Waals surface area (Å²) in [5.41, 5.74) is 1.96. The van der Waals surface area contributed by atoms with Gasteiger partial charge in [0.2, 0.25) is 0 Å². The summed E-state index contributed by atoms with van der Waals surface area (Å²) in [4.78, 5) is 38.1. The molecule has 1 aliphatic heterocycles. The molecule has 1 aliphatic rings. The molecule has 164 valence electrons. The minimum Gasteiger partial charge on any atom is -0.493 e. The van der Waals surface area contributed by atoms with Gasteiger partial charge in [0.25, 0.3) is 11.8 Å². The van der Waals surface area contributed by atoms with Gasteiger partial charge in [-0.3, -0.25) is 15.0 Å². The second-order valence-corrected chi connectivity index (χ2v) is 7.90. The second-order valence-electron chi connectivity index (χ2n) is 7.90. The maximum absolute atomic E-state index is 12.9. The highest BCUT2D eigenvalue weighted by molar-refractivity contribution is 6.09. The molecule has 0 aromatic heterocycles. The van der Waals surface area contributed by atoms with Gasteiger partial charge in [-0.15, -0.1) is 0 Å². The lowest BCUT2D eigenvalue weighted by atomic mass is 9.92. The number of carbonyl (C=O) groups is 3. The fraction of sp³-hybridized carbons (Fsp3) is 0.348. The van der Waals surface area contributed by atoms with E-state index in [1.54, 1.807) is 43.3 Å². The topological polar surface area (TPSA) is 97.0 Å². The monoisotopic (exact) mass is 425 g/mol. The highest BCUT2D eigenvalue weighted by Crippen LogP contribution is 2.30. The Balaban J connectivity index is 1.74. The Morgan fingerprint density at radius 1 is 1.13 bits per heavy atom. The van der Waals surface area contributed by atoms with E-state index in [9.17, 15) is 14.4 Å². The molecule has 1 saturated heterocycles. The lowest BCUT2D eigenvalue weighted by Gasteiger charge is -2.22. The van der Waals surface area contributed by atoms with Crippen molar-refractivity contribution in [3.8, 4) is 11.5 Å². The number of rotatable bonds is 8. The average Bonchev–Trinajstić information content (AvgIpc) is 2.98. The van der Waals surface area contributed by atoms with E-state index in [1.807, 2.05) is 6.07 Å². The van der Waals surface area contributed by atoms with E-state index < -0.39 is 23.4 Å². The quantitative estimate of drug-likeness (QED) is 0.633. The molecule has 0 bridgehead atoms. The van der Waals surface area contributed by atoms with E-state index in [0.29, 0.717) is 34.6 Å². The summed E-state index contributed by atoms with van der Waals surface area (Å²) >= 11 is 0. The summed E-state index contributed by atoms with van der Waals surface area (Å²) < 4.78 is 11.1. The van der Waals surface area contributed by atoms with Crippen LogP contribution in [0.4, 0.5) is 4.79 Å². The molecule has 31 heavy (non-hydrogen) atoms. The van der Waals surface area contributed by atoms with Crippen molar-refractivity contribution in [1.82, 2.24) is 15.8 Å². The molecule has 1 atom stereocenters. The zero-order chi connectivity index (χ0) is 22.6. The molecule has 0 saturated carbocycles. The number of nitrogens with one attached hydrogen (secondary N) is 2. The summed E-state index contributed by atoms with van der Waals surface area (Å²) in [6, 6.07) is 12.8. The first-order valence-electron chi connectivity index (χ1n) is 10.1. The zero-order valence-electron chi connectivity index (χ0n) is 18.1. The van der Waals surface area contributed by atoms with Crippen molar-refractivity contribution >= 4 is 17.8 Å². The Morgan fingerprint density at radius 3 is 2.48 bits per heavy atom. The van der Waals surface area contributed by atoms with E-state index in [-0.39, 0.29) is 5.56 Å². The van der Waals surface area contributed by atoms with Gasteiger partial charge in [-0.05, 0) is 43.0 Å². The van der Waals surface area contributed by atoms with Crippen molar-refractivity contribution in [2.75, 3.05) is 13.7 Å². The molecule has 0 spiro atoms. The van der Waals surface area contributed by atoms with Gasteiger partial charge >= 0.3 is 6.03 Å². The number of hydrogen-bond donors (Lipinski definition) is 2. The fourth-order valence-electron chi connectivity index (χ4n) is 3.21. The van der Waals surface area contributed by atoms with Crippen LogP contribution in [-0.4, -0.2) is 36.6 Å². The molecule has 3 rings (SSSR count). The fourth-order valence-corrected chi connectivity index (χ4v) is 3.21. The third-order valence-electron chi connectivity index (χ3n) is 5.13. The van der Waals surface area contributed by atoms with Gasteiger partial charge in [-0.25, -0.2) is 4.79 Å². The summed E-state index contributed by atoms with van der Waals surface area (Å²) in [5.74, 6) is 0.223. The molecule has 4 amide bonds. The van der Waals surface area contributed by atoms with E-state index in [4.69, 9.17) is 9.47 Å². The van der Waals surface area contributed by atoms with Crippen LogP contribution in [0.15, 0.2) is 48.5 Å². The number of amides is 4. The molecule has 2 aromatic carbocycles. The number of ether oxygens (including phenoxy) is 2. The van der Waals surface area contributed by atoms with Gasteiger partial charge in [0.05, 0.1) is 13.7 Å². The first-order chi connectivity index (χ1) is 14.8. The molecular weight excluding hydrogens is 398 g/mol. The maximum atomic E-state index is 12.9. The SMILES string of the molecule is COc1cc(C(=O)NN2C(=O)NC(C)(c3ccccc3)C2=O)ccc1OCCC(C)C. The predicted octanol–water partition coefficient (Wildman–Crippen LogP) is 3.23.